The number of anilines is 11. The van der Waals surface area contributed by atoms with Crippen LogP contribution in [-0.4, -0.2) is 138 Å². The van der Waals surface area contributed by atoms with Crippen LogP contribution in [-0.2, 0) is 10.2 Å². The Morgan fingerprint density at radius 3 is 0.982 bits per heavy atom. The molecule has 7 N–H and O–H groups in total. The maximum atomic E-state index is 12.1. The first-order valence-electron chi connectivity index (χ1n) is 40.6. The second-order valence-electron chi connectivity index (χ2n) is 36.3. The van der Waals surface area contributed by atoms with Crippen molar-refractivity contribution in [2.75, 3.05) is 190 Å². The van der Waals surface area contributed by atoms with Crippen molar-refractivity contribution >= 4 is 136 Å². The van der Waals surface area contributed by atoms with Gasteiger partial charge in [-0.25, -0.2) is 0 Å². The molecule has 0 heterocycles. The molecule has 0 aliphatic carbocycles. The Morgan fingerprint density at radius 2 is 0.649 bits per heavy atom. The van der Waals surface area contributed by atoms with E-state index in [1.54, 1.807) is 7.05 Å². The SMILES string of the molecule is CCCN(CCC)CCOCCN(C)c1c(C(C)(C)C)c(=S)c1=O.CCN(C)c1c(NCCCC(C)(C)C)c(=S)c1=O.CCN(CC)c1c(NCCCC(C)(C)C)c(=S)c1=O.CCNc1c(NCCCC(C)(C)C)c(=S)c1=O.CN(C)c1c(NCCCC(C)(C)C)c(=S)c1=O.CNc1c(NCCCC(C)(C)C)c(=S)c1=O. The highest BCUT2D eigenvalue weighted by Crippen LogP contribution is 2.35. The molecule has 6 rings (SSSR count). The minimum Gasteiger partial charge on any atom is -0.383 e. The van der Waals surface area contributed by atoms with E-state index in [4.69, 9.17) is 78.0 Å². The van der Waals surface area contributed by atoms with Crippen molar-refractivity contribution in [1.29, 1.82) is 0 Å². The van der Waals surface area contributed by atoms with E-state index in [1.807, 2.05) is 56.7 Å². The van der Waals surface area contributed by atoms with Crippen molar-refractivity contribution in [2.24, 2.45) is 27.1 Å². The van der Waals surface area contributed by atoms with E-state index in [0.717, 1.165) is 200 Å². The predicted octanol–water partition coefficient (Wildman–Crippen LogP) is 19.8. The molecule has 0 saturated heterocycles. The summed E-state index contributed by atoms with van der Waals surface area (Å²) in [7, 11) is 9.35. The third-order valence-electron chi connectivity index (χ3n) is 18.7. The molecule has 0 atom stereocenters. The van der Waals surface area contributed by atoms with Gasteiger partial charge in [-0.3, -0.25) is 28.8 Å². The fourth-order valence-electron chi connectivity index (χ4n) is 12.3. The molecule has 0 saturated carbocycles. The number of nitrogens with zero attached hydrogens (tertiary/aromatic N) is 5. The molecular formula is C86H148N12O7S6. The Kier molecular flexibility index (Phi) is 45.1. The number of hydrogen-bond acceptors (Lipinski definition) is 25. The molecule has 25 heteroatoms. The van der Waals surface area contributed by atoms with Gasteiger partial charge in [-0.2, -0.15) is 0 Å². The van der Waals surface area contributed by atoms with Gasteiger partial charge >= 0.3 is 0 Å². The maximum absolute atomic E-state index is 12.1. The lowest BCUT2D eigenvalue weighted by Crippen LogP contribution is -2.36. The average Bonchev–Trinajstić information content (AvgIpc) is 0.762. The van der Waals surface area contributed by atoms with Gasteiger partial charge in [-0.1, -0.05) is 212 Å². The van der Waals surface area contributed by atoms with Crippen LogP contribution in [0.25, 0.3) is 0 Å². The Morgan fingerprint density at radius 1 is 0.333 bits per heavy atom. The van der Waals surface area contributed by atoms with Gasteiger partial charge in [0.25, 0.3) is 0 Å². The highest BCUT2D eigenvalue weighted by atomic mass is 32.1. The van der Waals surface area contributed by atoms with Crippen LogP contribution >= 0.6 is 73.3 Å². The molecule has 0 amide bonds. The van der Waals surface area contributed by atoms with Gasteiger partial charge in [0.05, 0.1) is 51.8 Å². The quantitative estimate of drug-likeness (QED) is 0.0141. The molecule has 0 aliphatic heterocycles. The van der Waals surface area contributed by atoms with Crippen LogP contribution in [0.4, 0.5) is 62.6 Å². The summed E-state index contributed by atoms with van der Waals surface area (Å²) in [6.07, 6.45) is 13.6. The topological polar surface area (TPSA) is 212 Å². The van der Waals surface area contributed by atoms with Gasteiger partial charge in [0.1, 0.15) is 51.0 Å². The first kappa shape index (κ1) is 104. The fourth-order valence-corrected chi connectivity index (χ4v) is 14.2. The Hall–Kier alpha value is -5.28. The van der Waals surface area contributed by atoms with Crippen molar-refractivity contribution in [3.05, 3.63) is 94.0 Å². The van der Waals surface area contributed by atoms with E-state index in [9.17, 15) is 28.8 Å². The smallest absolute Gasteiger partial charge is 0.224 e. The maximum Gasteiger partial charge on any atom is 0.224 e. The van der Waals surface area contributed by atoms with Crippen molar-refractivity contribution in [3.8, 4) is 0 Å². The summed E-state index contributed by atoms with van der Waals surface area (Å²) in [5.74, 6) is 0. The third-order valence-corrected chi connectivity index (χ3v) is 21.0. The predicted molar refractivity (Wildman–Crippen MR) is 502 cm³/mol. The van der Waals surface area contributed by atoms with E-state index in [1.165, 1.54) is 12.8 Å². The van der Waals surface area contributed by atoms with E-state index in [2.05, 4.69) is 199 Å². The summed E-state index contributed by atoms with van der Waals surface area (Å²) >= 11 is 30.5. The molecule has 0 bridgehead atoms. The van der Waals surface area contributed by atoms with E-state index in [-0.39, 0.29) is 38.0 Å². The fraction of sp³-hybridized carbons (Fsp3) is 0.721. The summed E-state index contributed by atoms with van der Waals surface area (Å²) in [5.41, 5.74) is 11.2. The van der Waals surface area contributed by atoms with Gasteiger partial charge in [0.2, 0.25) is 32.6 Å². The number of ether oxygens (including phenoxy) is 1. The largest absolute Gasteiger partial charge is 0.383 e. The van der Waals surface area contributed by atoms with Crippen molar-refractivity contribution in [1.82, 2.24) is 4.90 Å². The number of nitrogens with one attached hydrogen (secondary N) is 7. The molecule has 19 nitrogen and oxygen atoms in total. The van der Waals surface area contributed by atoms with Crippen LogP contribution in [0.15, 0.2) is 28.8 Å². The van der Waals surface area contributed by atoms with Crippen LogP contribution in [0.1, 0.15) is 249 Å². The molecule has 0 unspecified atom stereocenters. The molecule has 111 heavy (non-hydrogen) atoms. The lowest BCUT2D eigenvalue weighted by atomic mass is 9.82. The second kappa shape index (κ2) is 48.3. The minimum atomic E-state index is -0.0871. The van der Waals surface area contributed by atoms with Gasteiger partial charge in [0.15, 0.2) is 0 Å². The van der Waals surface area contributed by atoms with Crippen LogP contribution < -0.4 is 89.4 Å². The summed E-state index contributed by atoms with van der Waals surface area (Å²) in [6.45, 7) is 65.2. The summed E-state index contributed by atoms with van der Waals surface area (Å²) in [6, 6.07) is 0. The van der Waals surface area contributed by atoms with Crippen LogP contribution in [0.3, 0.4) is 0 Å². The summed E-state index contributed by atoms with van der Waals surface area (Å²) < 4.78 is 8.53. The zero-order valence-electron chi connectivity index (χ0n) is 74.1. The van der Waals surface area contributed by atoms with Crippen LogP contribution in [0, 0.1) is 54.1 Å². The summed E-state index contributed by atoms with van der Waals surface area (Å²) in [5, 5.41) is 22.3. The van der Waals surface area contributed by atoms with Crippen LogP contribution in [0.2, 0.25) is 0 Å². The van der Waals surface area contributed by atoms with Gasteiger partial charge in [-0.15, -0.1) is 0 Å². The highest BCUT2D eigenvalue weighted by molar-refractivity contribution is 7.72. The van der Waals surface area contributed by atoms with E-state index in [0.29, 0.717) is 84.3 Å². The van der Waals surface area contributed by atoms with E-state index >= 15 is 0 Å². The molecule has 6 aromatic rings. The Labute approximate surface area is 700 Å². The van der Waals surface area contributed by atoms with Crippen LogP contribution in [0.5, 0.6) is 0 Å². The Bertz CT molecular complexity index is 4210. The van der Waals surface area contributed by atoms with Gasteiger partial charge < -0.3 is 66.5 Å². The number of rotatable bonds is 40. The standard InChI is InChI=1S/C19H34N2O2S.C15H26N2OS.C14H24N2OS.2C13H22N2OS.C12H20N2OS/c1-7-9-21(10-8-2)12-14-23-13-11-20(6)16-15(19(3,4)5)18(24)17(16)22;1-6-17(7-2)12-11(14(19)13(12)18)16-10-8-9-15(3,4)5;1-6-16(5)11-10(13(18)12(11)17)15-9-7-8-14(2,3)4;1-13(2,3)7-6-8-14-9-10(15(4)5)11(16)12(9)17;1-5-14-9-10(12(17)11(9)16)15-8-6-7-13(2,3)4;1-12(2,3)6-5-7-14-9-8(13-4)10(15)11(9)16/h7-14H2,1-6H3;16H,6-10H2,1-5H3;15H,6-9H2,1-5H3;14H,6-8H2,1-5H3;14-15H,5-8H2,1-4H3;13-14H,5-7H2,1-4H3. The first-order chi connectivity index (χ1) is 51.3. The van der Waals surface area contributed by atoms with Gasteiger partial charge in [-0.05, 0) is 150 Å². The first-order valence-corrected chi connectivity index (χ1v) is 43.0. The molecule has 0 aliphatic rings. The minimum absolute atomic E-state index is 0.00710. The molecule has 0 aromatic heterocycles. The lowest BCUT2D eigenvalue weighted by Gasteiger charge is -2.30. The summed E-state index contributed by atoms with van der Waals surface area (Å²) in [4.78, 5) is 80.2. The molecule has 0 spiro atoms. The van der Waals surface area contributed by atoms with Crippen molar-refractivity contribution < 1.29 is 4.74 Å². The Balaban J connectivity index is 0.000000669. The lowest BCUT2D eigenvalue weighted by molar-refractivity contribution is 0.108. The highest BCUT2D eigenvalue weighted by Gasteiger charge is 2.31. The molecule has 0 fully saturated rings. The molecular weight excluding hydrogens is 1510 g/mol. The molecule has 6 aromatic carbocycles. The average molecular weight is 1650 g/mol. The second-order valence-corrected chi connectivity index (χ2v) is 38.7. The zero-order valence-corrected chi connectivity index (χ0v) is 79.0. The van der Waals surface area contributed by atoms with Crippen molar-refractivity contribution in [2.45, 2.75) is 249 Å². The normalized spacial score (nSPS) is 11.9. The zero-order chi connectivity index (χ0) is 85.5. The third kappa shape index (κ3) is 35.0. The van der Waals surface area contributed by atoms with E-state index < -0.39 is 0 Å². The number of likely N-dealkylation sites (N-methyl/N-ethyl adjacent to an activating group) is 1. The monoisotopic (exact) mass is 1650 g/mol. The van der Waals surface area contributed by atoms with Crippen molar-refractivity contribution in [3.63, 3.8) is 0 Å². The molecule has 0 radical (unpaired) electrons. The molecule has 630 valence electrons. The van der Waals surface area contributed by atoms with Gasteiger partial charge in [0, 0.05) is 113 Å². The number of hydrogen-bond donors (Lipinski definition) is 7.